The van der Waals surface area contributed by atoms with Gasteiger partial charge in [0.2, 0.25) is 5.91 Å². The Morgan fingerprint density at radius 3 is 2.62 bits per heavy atom. The molecule has 1 amide bonds. The van der Waals surface area contributed by atoms with Crippen LogP contribution in [0, 0.1) is 5.82 Å². The van der Waals surface area contributed by atoms with Crippen LogP contribution in [-0.2, 0) is 16.0 Å². The molecule has 0 aliphatic carbocycles. The third-order valence-electron chi connectivity index (χ3n) is 4.20. The first-order valence-corrected chi connectivity index (χ1v) is 10.7. The summed E-state index contributed by atoms with van der Waals surface area (Å²) in [4.78, 5) is 13.8. The van der Waals surface area contributed by atoms with Crippen molar-refractivity contribution in [1.82, 2.24) is 5.32 Å². The maximum absolute atomic E-state index is 14.3. The van der Waals surface area contributed by atoms with Gasteiger partial charge in [-0.25, -0.2) is 4.39 Å². The number of hydrogen-bond acceptors (Lipinski definition) is 4. The van der Waals surface area contributed by atoms with E-state index in [2.05, 4.69) is 5.32 Å². The monoisotopic (exact) mass is 459 g/mol. The predicted molar refractivity (Wildman–Crippen MR) is 116 cm³/mol. The van der Waals surface area contributed by atoms with Gasteiger partial charge < -0.3 is 15.2 Å². The van der Waals surface area contributed by atoms with Crippen molar-refractivity contribution in [3.8, 4) is 0 Å². The van der Waals surface area contributed by atoms with Crippen molar-refractivity contribution in [3.63, 3.8) is 0 Å². The lowest BCUT2D eigenvalue weighted by atomic mass is 10.0. The van der Waals surface area contributed by atoms with Crippen molar-refractivity contribution in [2.45, 2.75) is 42.0 Å². The van der Waals surface area contributed by atoms with Crippen molar-refractivity contribution in [1.29, 1.82) is 0 Å². The number of amides is 1. The number of rotatable bonds is 9. The number of methoxy groups -OCH3 is 1. The van der Waals surface area contributed by atoms with Crippen molar-refractivity contribution in [2.75, 3.05) is 20.3 Å². The Morgan fingerprint density at radius 1 is 1.28 bits per heavy atom. The van der Waals surface area contributed by atoms with Crippen LogP contribution in [0.2, 0.25) is 10.0 Å². The number of carbonyl (C=O) groups is 1. The zero-order chi connectivity index (χ0) is 21.6. The number of hydrogen-bond donors (Lipinski definition) is 2. The summed E-state index contributed by atoms with van der Waals surface area (Å²) in [6.45, 7) is 4.01. The molecule has 0 saturated carbocycles. The molecule has 4 nitrogen and oxygen atoms in total. The Morgan fingerprint density at radius 2 is 2.00 bits per heavy atom. The second-order valence-corrected chi connectivity index (χ2v) is 8.82. The first-order chi connectivity index (χ1) is 13.7. The van der Waals surface area contributed by atoms with Crippen LogP contribution in [0.25, 0.3) is 0 Å². The molecule has 0 unspecified atom stereocenters. The largest absolute Gasteiger partial charge is 0.394 e. The third-order valence-corrected chi connectivity index (χ3v) is 5.98. The van der Waals surface area contributed by atoms with E-state index in [1.165, 1.54) is 24.9 Å². The lowest BCUT2D eigenvalue weighted by Crippen LogP contribution is -2.41. The Balaban J connectivity index is 2.23. The second-order valence-electron chi connectivity index (χ2n) is 6.90. The summed E-state index contributed by atoms with van der Waals surface area (Å²) in [5, 5.41) is 13.0. The molecule has 0 spiro atoms. The summed E-state index contributed by atoms with van der Waals surface area (Å²) in [6, 6.07) is 7.65. The molecule has 2 rings (SSSR count). The lowest BCUT2D eigenvalue weighted by Gasteiger charge is -2.16. The number of ether oxygens (including phenoxy) is 1. The number of aliphatic hydroxyl groups excluding tert-OH is 1. The van der Waals surface area contributed by atoms with Gasteiger partial charge >= 0.3 is 0 Å². The Kier molecular flexibility index (Phi) is 9.24. The molecule has 0 aliphatic heterocycles. The molecule has 0 fully saturated rings. The molecule has 1 atom stereocenters. The number of nitrogens with one attached hydrogen (secondary N) is 1. The van der Waals surface area contributed by atoms with Gasteiger partial charge in [-0.05, 0) is 47.4 Å². The summed E-state index contributed by atoms with van der Waals surface area (Å²) in [5.74, 6) is -0.659. The van der Waals surface area contributed by atoms with Gasteiger partial charge in [0.15, 0.2) is 0 Å². The van der Waals surface area contributed by atoms with Crippen LogP contribution in [0.1, 0.15) is 30.9 Å². The van der Waals surface area contributed by atoms with Crippen molar-refractivity contribution in [3.05, 3.63) is 57.3 Å². The SMILES string of the molecule is COC[C@@H](CO)NC(=O)Cc1cc(Sc2c(Cl)cc(Cl)cc2C(C)C)ccc1F. The highest BCUT2D eigenvalue weighted by molar-refractivity contribution is 7.99. The Labute approximate surface area is 184 Å². The van der Waals surface area contributed by atoms with Gasteiger partial charge in [0.1, 0.15) is 5.82 Å². The van der Waals surface area contributed by atoms with Crippen LogP contribution in [0.15, 0.2) is 40.1 Å². The fourth-order valence-electron chi connectivity index (χ4n) is 2.78. The fourth-order valence-corrected chi connectivity index (χ4v) is 4.54. The number of aliphatic hydroxyl groups is 1. The third kappa shape index (κ3) is 6.86. The van der Waals surface area contributed by atoms with E-state index >= 15 is 0 Å². The molecule has 0 heterocycles. The number of benzene rings is 2. The van der Waals surface area contributed by atoms with E-state index in [-0.39, 0.29) is 31.1 Å². The number of carbonyl (C=O) groups excluding carboxylic acids is 1. The molecule has 29 heavy (non-hydrogen) atoms. The molecule has 158 valence electrons. The predicted octanol–water partition coefficient (Wildman–Crippen LogP) is 5.07. The van der Waals surface area contributed by atoms with E-state index in [0.717, 1.165) is 15.4 Å². The molecular weight excluding hydrogens is 436 g/mol. The van der Waals surface area contributed by atoms with E-state index < -0.39 is 17.8 Å². The summed E-state index contributed by atoms with van der Waals surface area (Å²) in [6.07, 6.45) is -0.147. The molecule has 0 aromatic heterocycles. The average molecular weight is 460 g/mol. The maximum Gasteiger partial charge on any atom is 0.224 e. The zero-order valence-electron chi connectivity index (χ0n) is 16.5. The highest BCUT2D eigenvalue weighted by Crippen LogP contribution is 2.41. The average Bonchev–Trinajstić information content (AvgIpc) is 2.65. The van der Waals surface area contributed by atoms with E-state index in [9.17, 15) is 14.3 Å². The quantitative estimate of drug-likeness (QED) is 0.549. The van der Waals surface area contributed by atoms with Gasteiger partial charge in [0.25, 0.3) is 0 Å². The van der Waals surface area contributed by atoms with E-state index in [1.807, 2.05) is 19.9 Å². The number of halogens is 3. The smallest absolute Gasteiger partial charge is 0.224 e. The van der Waals surface area contributed by atoms with Gasteiger partial charge in [-0.3, -0.25) is 4.79 Å². The molecular formula is C21H24Cl2FNO3S. The van der Waals surface area contributed by atoms with Gasteiger partial charge in [-0.15, -0.1) is 0 Å². The van der Waals surface area contributed by atoms with Crippen LogP contribution in [0.3, 0.4) is 0 Å². The maximum atomic E-state index is 14.3. The summed E-state index contributed by atoms with van der Waals surface area (Å²) < 4.78 is 19.2. The minimum Gasteiger partial charge on any atom is -0.394 e. The molecule has 0 saturated heterocycles. The van der Waals surface area contributed by atoms with Crippen molar-refractivity contribution < 1.29 is 19.0 Å². The molecule has 2 N–H and O–H groups in total. The molecule has 0 aliphatic rings. The normalized spacial score (nSPS) is 12.3. The topological polar surface area (TPSA) is 58.6 Å². The van der Waals surface area contributed by atoms with Crippen LogP contribution in [0.4, 0.5) is 4.39 Å². The van der Waals surface area contributed by atoms with E-state index in [4.69, 9.17) is 27.9 Å². The minimum atomic E-state index is -0.533. The first kappa shape index (κ1) is 24.0. The highest BCUT2D eigenvalue weighted by atomic mass is 35.5. The second kappa shape index (κ2) is 11.2. The van der Waals surface area contributed by atoms with Crippen molar-refractivity contribution >= 4 is 40.9 Å². The van der Waals surface area contributed by atoms with Crippen LogP contribution < -0.4 is 5.32 Å². The molecule has 0 radical (unpaired) electrons. The minimum absolute atomic E-state index is 0.147. The molecule has 2 aromatic rings. The standard InChI is InChI=1S/C21H24Cl2FNO3S/c1-12(2)17-8-14(22)9-18(23)21(17)29-16-4-5-19(24)13(6-16)7-20(27)25-15(10-26)11-28-3/h4-6,8-9,12,15,26H,7,10-11H2,1-3H3,(H,25,27)/t15-/m1/s1. The summed E-state index contributed by atoms with van der Waals surface area (Å²) in [5.41, 5.74) is 1.26. The van der Waals surface area contributed by atoms with Gasteiger partial charge in [0.05, 0.1) is 30.7 Å². The summed E-state index contributed by atoms with van der Waals surface area (Å²) in [7, 11) is 1.47. The van der Waals surface area contributed by atoms with Crippen molar-refractivity contribution in [2.24, 2.45) is 0 Å². The van der Waals surface area contributed by atoms with Gasteiger partial charge in [-0.2, -0.15) is 0 Å². The van der Waals surface area contributed by atoms with Crippen LogP contribution in [0.5, 0.6) is 0 Å². The van der Waals surface area contributed by atoms with Gasteiger partial charge in [-0.1, -0.05) is 48.8 Å². The highest BCUT2D eigenvalue weighted by Gasteiger charge is 2.17. The Bertz CT molecular complexity index is 864. The summed E-state index contributed by atoms with van der Waals surface area (Å²) >= 11 is 13.9. The Hall–Kier alpha value is -1.31. The fraction of sp³-hybridized carbons (Fsp3) is 0.381. The van der Waals surface area contributed by atoms with Crippen LogP contribution in [-0.4, -0.2) is 37.4 Å². The molecule has 2 aromatic carbocycles. The zero-order valence-corrected chi connectivity index (χ0v) is 18.8. The lowest BCUT2D eigenvalue weighted by molar-refractivity contribution is -0.121. The van der Waals surface area contributed by atoms with Gasteiger partial charge in [0, 0.05) is 21.9 Å². The molecule has 0 bridgehead atoms. The molecule has 8 heteroatoms. The van der Waals surface area contributed by atoms with E-state index in [1.54, 1.807) is 18.2 Å². The van der Waals surface area contributed by atoms with E-state index in [0.29, 0.717) is 10.0 Å². The van der Waals surface area contributed by atoms with Crippen LogP contribution >= 0.6 is 35.0 Å². The first-order valence-electron chi connectivity index (χ1n) is 9.09.